The van der Waals surface area contributed by atoms with E-state index in [0.717, 1.165) is 27.0 Å². The molecule has 4 aromatic rings. The molecule has 2 aromatic heterocycles. The summed E-state index contributed by atoms with van der Waals surface area (Å²) in [5, 5.41) is 4.07. The van der Waals surface area contributed by atoms with Crippen LogP contribution >= 0.6 is 11.3 Å². The van der Waals surface area contributed by atoms with Gasteiger partial charge >= 0.3 is 0 Å². The SMILES string of the molecule is O=C(c1cccc2ccccc12)N1CCC(C(=O)N(Cc2ccco2)Cc2cccs2)CC1. The maximum absolute atomic E-state index is 13.5. The lowest BCUT2D eigenvalue weighted by atomic mass is 9.94. The van der Waals surface area contributed by atoms with Crippen LogP contribution in [0.25, 0.3) is 10.8 Å². The van der Waals surface area contributed by atoms with Crippen LogP contribution in [0.4, 0.5) is 0 Å². The third kappa shape index (κ3) is 4.71. The molecule has 1 fully saturated rings. The maximum Gasteiger partial charge on any atom is 0.254 e. The van der Waals surface area contributed by atoms with Crippen molar-refractivity contribution in [2.45, 2.75) is 25.9 Å². The molecular weight excluding hydrogens is 432 g/mol. The molecule has 0 aliphatic carbocycles. The number of nitrogens with zero attached hydrogens (tertiary/aromatic N) is 2. The number of amides is 2. The number of furan rings is 1. The smallest absolute Gasteiger partial charge is 0.254 e. The van der Waals surface area contributed by atoms with Crippen molar-refractivity contribution in [2.75, 3.05) is 13.1 Å². The molecule has 1 saturated heterocycles. The molecule has 5 nitrogen and oxygen atoms in total. The summed E-state index contributed by atoms with van der Waals surface area (Å²) in [6, 6.07) is 21.6. The fourth-order valence-corrected chi connectivity index (χ4v) is 5.28. The molecular formula is C27H26N2O3S. The second-order valence-corrected chi connectivity index (χ2v) is 9.48. The van der Waals surface area contributed by atoms with Crippen molar-refractivity contribution >= 4 is 33.9 Å². The number of thiophene rings is 1. The van der Waals surface area contributed by atoms with E-state index in [0.29, 0.717) is 39.0 Å². The molecule has 0 saturated carbocycles. The summed E-state index contributed by atoms with van der Waals surface area (Å²) < 4.78 is 5.51. The van der Waals surface area contributed by atoms with Crippen LogP contribution < -0.4 is 0 Å². The molecule has 0 bridgehead atoms. The number of hydrogen-bond donors (Lipinski definition) is 0. The fraction of sp³-hybridized carbons (Fsp3) is 0.259. The van der Waals surface area contributed by atoms with Crippen molar-refractivity contribution in [1.82, 2.24) is 9.80 Å². The van der Waals surface area contributed by atoms with E-state index in [1.165, 1.54) is 0 Å². The van der Waals surface area contributed by atoms with Gasteiger partial charge in [-0.25, -0.2) is 0 Å². The zero-order valence-corrected chi connectivity index (χ0v) is 19.2. The summed E-state index contributed by atoms with van der Waals surface area (Å²) in [6.07, 6.45) is 2.99. The van der Waals surface area contributed by atoms with Crippen molar-refractivity contribution in [3.63, 3.8) is 0 Å². The van der Waals surface area contributed by atoms with E-state index in [1.54, 1.807) is 17.6 Å². The standard InChI is InChI=1S/C27H26N2O3S/c30-26(29(18-22-8-4-16-32-22)19-23-9-5-17-33-23)21-12-14-28(15-13-21)27(31)25-11-3-7-20-6-1-2-10-24(20)25/h1-11,16-17,21H,12-15,18-19H2. The highest BCUT2D eigenvalue weighted by Gasteiger charge is 2.31. The van der Waals surface area contributed by atoms with Gasteiger partial charge in [-0.1, -0.05) is 42.5 Å². The lowest BCUT2D eigenvalue weighted by molar-refractivity contribution is -0.138. The first-order chi connectivity index (χ1) is 16.2. The summed E-state index contributed by atoms with van der Waals surface area (Å²) >= 11 is 1.65. The van der Waals surface area contributed by atoms with E-state index < -0.39 is 0 Å². The van der Waals surface area contributed by atoms with Gasteiger partial charge in [0.1, 0.15) is 5.76 Å². The minimum Gasteiger partial charge on any atom is -0.467 e. The molecule has 33 heavy (non-hydrogen) atoms. The first-order valence-corrected chi connectivity index (χ1v) is 12.2. The van der Waals surface area contributed by atoms with Gasteiger partial charge < -0.3 is 14.2 Å². The van der Waals surface area contributed by atoms with Gasteiger partial charge in [0.05, 0.1) is 19.4 Å². The molecule has 6 heteroatoms. The summed E-state index contributed by atoms with van der Waals surface area (Å²) in [5.74, 6) is 0.876. The van der Waals surface area contributed by atoms with Gasteiger partial charge in [0, 0.05) is 29.4 Å². The Kier molecular flexibility index (Phi) is 6.26. The van der Waals surface area contributed by atoms with Crippen LogP contribution in [0.2, 0.25) is 0 Å². The Labute approximate surface area is 197 Å². The number of rotatable bonds is 6. The Bertz CT molecular complexity index is 1180. The topological polar surface area (TPSA) is 53.8 Å². The van der Waals surface area contributed by atoms with E-state index in [-0.39, 0.29) is 17.7 Å². The lowest BCUT2D eigenvalue weighted by Gasteiger charge is -2.34. The summed E-state index contributed by atoms with van der Waals surface area (Å²) in [4.78, 5) is 31.7. The van der Waals surface area contributed by atoms with Gasteiger partial charge in [-0.05, 0) is 53.3 Å². The molecule has 3 heterocycles. The molecule has 168 valence electrons. The van der Waals surface area contributed by atoms with Gasteiger partial charge in [-0.2, -0.15) is 0 Å². The maximum atomic E-state index is 13.5. The molecule has 1 aliphatic rings. The van der Waals surface area contributed by atoms with Crippen LogP contribution in [0.5, 0.6) is 0 Å². The lowest BCUT2D eigenvalue weighted by Crippen LogP contribution is -2.44. The van der Waals surface area contributed by atoms with Crippen LogP contribution in [-0.2, 0) is 17.9 Å². The summed E-state index contributed by atoms with van der Waals surface area (Å²) in [6.45, 7) is 2.21. The predicted molar refractivity (Wildman–Crippen MR) is 130 cm³/mol. The minimum atomic E-state index is -0.0866. The minimum absolute atomic E-state index is 0.0451. The van der Waals surface area contributed by atoms with Crippen LogP contribution in [-0.4, -0.2) is 34.7 Å². The number of carbonyl (C=O) groups is 2. The Morgan fingerprint density at radius 3 is 2.52 bits per heavy atom. The fourth-order valence-electron chi connectivity index (χ4n) is 4.56. The van der Waals surface area contributed by atoms with Gasteiger partial charge in [-0.15, -0.1) is 11.3 Å². The average Bonchev–Trinajstić information content (AvgIpc) is 3.57. The van der Waals surface area contributed by atoms with E-state index in [1.807, 2.05) is 75.8 Å². The van der Waals surface area contributed by atoms with Crippen LogP contribution in [0.15, 0.2) is 82.8 Å². The molecule has 0 spiro atoms. The third-order valence-corrected chi connectivity index (χ3v) is 7.18. The molecule has 0 atom stereocenters. The van der Waals surface area contributed by atoms with Crippen LogP contribution in [0.3, 0.4) is 0 Å². The van der Waals surface area contributed by atoms with Gasteiger partial charge in [-0.3, -0.25) is 9.59 Å². The first-order valence-electron chi connectivity index (χ1n) is 11.3. The summed E-state index contributed by atoms with van der Waals surface area (Å²) in [7, 11) is 0. The Hall–Kier alpha value is -3.38. The van der Waals surface area contributed by atoms with Gasteiger partial charge in [0.2, 0.25) is 5.91 Å². The van der Waals surface area contributed by atoms with Gasteiger partial charge in [0.15, 0.2) is 0 Å². The number of benzene rings is 2. The molecule has 1 aliphatic heterocycles. The predicted octanol–water partition coefficient (Wildman–Crippen LogP) is 5.58. The van der Waals surface area contributed by atoms with Crippen LogP contribution in [0, 0.1) is 5.92 Å². The first kappa shape index (κ1) is 21.5. The third-order valence-electron chi connectivity index (χ3n) is 6.32. The van der Waals surface area contributed by atoms with Crippen molar-refractivity contribution in [2.24, 2.45) is 5.92 Å². The van der Waals surface area contributed by atoms with E-state index in [9.17, 15) is 9.59 Å². The summed E-state index contributed by atoms with van der Waals surface area (Å²) in [5.41, 5.74) is 0.731. The van der Waals surface area contributed by atoms with Gasteiger partial charge in [0.25, 0.3) is 5.91 Å². The van der Waals surface area contributed by atoms with E-state index in [2.05, 4.69) is 6.07 Å². The number of fused-ring (bicyclic) bond motifs is 1. The number of likely N-dealkylation sites (tertiary alicyclic amines) is 1. The second-order valence-electron chi connectivity index (χ2n) is 8.45. The largest absolute Gasteiger partial charge is 0.467 e. The van der Waals surface area contributed by atoms with Crippen molar-refractivity contribution in [3.05, 3.63) is 94.6 Å². The number of piperidine rings is 1. The molecule has 0 unspecified atom stereocenters. The normalized spacial score (nSPS) is 14.5. The van der Waals surface area contributed by atoms with E-state index in [4.69, 9.17) is 4.42 Å². The second kappa shape index (κ2) is 9.63. The number of carbonyl (C=O) groups excluding carboxylic acids is 2. The zero-order chi connectivity index (χ0) is 22.6. The van der Waals surface area contributed by atoms with Crippen molar-refractivity contribution < 1.29 is 14.0 Å². The Morgan fingerprint density at radius 2 is 1.76 bits per heavy atom. The van der Waals surface area contributed by atoms with E-state index >= 15 is 0 Å². The monoisotopic (exact) mass is 458 g/mol. The van der Waals surface area contributed by atoms with Crippen LogP contribution in [0.1, 0.15) is 33.8 Å². The number of hydrogen-bond acceptors (Lipinski definition) is 4. The average molecular weight is 459 g/mol. The molecule has 2 amide bonds. The van der Waals surface area contributed by atoms with Crippen molar-refractivity contribution in [3.8, 4) is 0 Å². The highest BCUT2D eigenvalue weighted by atomic mass is 32.1. The molecule has 0 N–H and O–H groups in total. The zero-order valence-electron chi connectivity index (χ0n) is 18.4. The quantitative estimate of drug-likeness (QED) is 0.379. The molecule has 2 aromatic carbocycles. The highest BCUT2D eigenvalue weighted by Crippen LogP contribution is 2.26. The molecule has 0 radical (unpaired) electrons. The molecule has 5 rings (SSSR count). The Balaban J connectivity index is 1.27. The van der Waals surface area contributed by atoms with Crippen molar-refractivity contribution in [1.29, 1.82) is 0 Å². The highest BCUT2D eigenvalue weighted by molar-refractivity contribution is 7.09. The Morgan fingerprint density at radius 1 is 0.939 bits per heavy atom.